The van der Waals surface area contributed by atoms with Crippen molar-refractivity contribution in [3.05, 3.63) is 18.2 Å². The van der Waals surface area contributed by atoms with E-state index in [2.05, 4.69) is 15.0 Å². The molecule has 1 aliphatic rings. The highest BCUT2D eigenvalue weighted by molar-refractivity contribution is 7.22. The molecule has 1 aromatic carbocycles. The van der Waals surface area contributed by atoms with Crippen molar-refractivity contribution < 1.29 is 46.9 Å². The Labute approximate surface area is 225 Å². The number of thiazole rings is 1. The van der Waals surface area contributed by atoms with Crippen LogP contribution in [0, 0.1) is 5.92 Å². The van der Waals surface area contributed by atoms with Crippen LogP contribution in [0.15, 0.2) is 18.2 Å². The molecule has 1 aromatic heterocycles. The van der Waals surface area contributed by atoms with Crippen LogP contribution in [0.4, 0.5) is 27.9 Å². The molecular weight excluding hydrogens is 545 g/mol. The number of benzene rings is 1. The monoisotopic (exact) mass is 574 g/mol. The predicted octanol–water partition coefficient (Wildman–Crippen LogP) is 4.72. The van der Waals surface area contributed by atoms with E-state index in [9.17, 15) is 37.5 Å². The van der Waals surface area contributed by atoms with Crippen LogP contribution in [0.5, 0.6) is 5.75 Å². The van der Waals surface area contributed by atoms with Gasteiger partial charge in [-0.05, 0) is 52.7 Å². The van der Waals surface area contributed by atoms with E-state index in [0.29, 0.717) is 23.1 Å². The van der Waals surface area contributed by atoms with Gasteiger partial charge in [-0.2, -0.15) is 0 Å². The zero-order valence-electron chi connectivity index (χ0n) is 21.7. The van der Waals surface area contributed by atoms with Crippen LogP contribution in [0.1, 0.15) is 40.5 Å². The zero-order chi connectivity index (χ0) is 29.1. The Hall–Kier alpha value is -3.62. The SMILES string of the molecule is CC(C(=O)CN(C(=O)OC(C)(C)C)C1CCN(C(=O)O)CC1)C(=O)Nc1nc2ccc(OC(F)(F)F)cc2s1. The molecule has 2 heterocycles. The van der Waals surface area contributed by atoms with Gasteiger partial charge in [-0.25, -0.2) is 14.6 Å². The van der Waals surface area contributed by atoms with Gasteiger partial charge in [0, 0.05) is 25.2 Å². The van der Waals surface area contributed by atoms with Crippen molar-refractivity contribution in [1.82, 2.24) is 14.8 Å². The number of carbonyl (C=O) groups is 4. The number of likely N-dealkylation sites (tertiary alicyclic amines) is 1. The number of hydrogen-bond donors (Lipinski definition) is 2. The number of alkyl halides is 3. The highest BCUT2D eigenvalue weighted by atomic mass is 32.1. The highest BCUT2D eigenvalue weighted by Crippen LogP contribution is 2.32. The molecule has 2 aromatic rings. The molecule has 3 rings (SSSR count). The van der Waals surface area contributed by atoms with Crippen LogP contribution in [-0.2, 0) is 14.3 Å². The van der Waals surface area contributed by atoms with Crippen LogP contribution in [-0.4, -0.2) is 81.4 Å². The maximum Gasteiger partial charge on any atom is 0.573 e. The molecule has 0 aliphatic carbocycles. The van der Waals surface area contributed by atoms with Gasteiger partial charge in [0.1, 0.15) is 11.4 Å². The van der Waals surface area contributed by atoms with E-state index in [1.807, 2.05) is 0 Å². The molecule has 1 saturated heterocycles. The number of halogens is 3. The van der Waals surface area contributed by atoms with Crippen LogP contribution in [0.2, 0.25) is 0 Å². The van der Waals surface area contributed by atoms with Gasteiger partial charge in [0.15, 0.2) is 10.9 Å². The first kappa shape index (κ1) is 29.9. The minimum absolute atomic E-state index is 0.0730. The molecule has 2 N–H and O–H groups in total. The average Bonchev–Trinajstić information content (AvgIpc) is 3.21. The number of nitrogens with one attached hydrogen (secondary N) is 1. The van der Waals surface area contributed by atoms with E-state index in [1.165, 1.54) is 22.8 Å². The molecule has 1 aliphatic heterocycles. The second kappa shape index (κ2) is 11.6. The van der Waals surface area contributed by atoms with E-state index in [0.717, 1.165) is 23.5 Å². The Bertz CT molecular complexity index is 1240. The van der Waals surface area contributed by atoms with Gasteiger partial charge in [0.05, 0.1) is 22.7 Å². The lowest BCUT2D eigenvalue weighted by atomic mass is 10.0. The molecule has 15 heteroatoms. The lowest BCUT2D eigenvalue weighted by Crippen LogP contribution is -2.52. The smallest absolute Gasteiger partial charge is 0.465 e. The molecule has 39 heavy (non-hydrogen) atoms. The number of nitrogens with zero attached hydrogens (tertiary/aromatic N) is 3. The predicted molar refractivity (Wildman–Crippen MR) is 135 cm³/mol. The Balaban J connectivity index is 1.69. The number of fused-ring (bicyclic) bond motifs is 1. The van der Waals surface area contributed by atoms with Gasteiger partial charge in [-0.1, -0.05) is 11.3 Å². The maximum atomic E-state index is 13.1. The van der Waals surface area contributed by atoms with Crippen molar-refractivity contribution in [3.8, 4) is 5.75 Å². The third-order valence-electron chi connectivity index (χ3n) is 5.83. The molecule has 0 spiro atoms. The number of ketones is 1. The van der Waals surface area contributed by atoms with Gasteiger partial charge in [-0.15, -0.1) is 13.2 Å². The molecule has 1 fully saturated rings. The van der Waals surface area contributed by atoms with Crippen LogP contribution >= 0.6 is 11.3 Å². The molecule has 214 valence electrons. The number of carbonyl (C=O) groups excluding carboxylic acids is 3. The highest BCUT2D eigenvalue weighted by Gasteiger charge is 2.35. The number of rotatable bonds is 7. The summed E-state index contributed by atoms with van der Waals surface area (Å²) in [7, 11) is 0. The number of piperidine rings is 1. The van der Waals surface area contributed by atoms with Crippen LogP contribution < -0.4 is 10.1 Å². The van der Waals surface area contributed by atoms with Crippen molar-refractivity contribution in [2.75, 3.05) is 25.0 Å². The third kappa shape index (κ3) is 8.43. The van der Waals surface area contributed by atoms with E-state index in [-0.39, 0.29) is 18.2 Å². The van der Waals surface area contributed by atoms with E-state index >= 15 is 0 Å². The summed E-state index contributed by atoms with van der Waals surface area (Å²) in [5.41, 5.74) is -0.520. The standard InChI is InChI=1S/C24H29F3N4O7S/c1-13(19(33)29-20-28-16-6-5-15(11-18(16)39-20)37-24(25,26)27)17(32)12-31(22(36)38-23(2,3)4)14-7-9-30(10-8-14)21(34)35/h5-6,11,13-14H,7-10,12H2,1-4H3,(H,34,35)(H,28,29,33). The number of carboxylic acid groups (broad SMARTS) is 1. The fourth-order valence-corrected chi connectivity index (χ4v) is 4.75. The van der Waals surface area contributed by atoms with Crippen molar-refractivity contribution in [2.24, 2.45) is 5.92 Å². The Morgan fingerprint density at radius 3 is 2.41 bits per heavy atom. The second-order valence-electron chi connectivity index (χ2n) is 9.98. The first-order valence-electron chi connectivity index (χ1n) is 12.0. The average molecular weight is 575 g/mol. The summed E-state index contributed by atoms with van der Waals surface area (Å²) >= 11 is 0.906. The van der Waals surface area contributed by atoms with Gasteiger partial charge in [-0.3, -0.25) is 14.5 Å². The minimum atomic E-state index is -4.86. The van der Waals surface area contributed by atoms with Crippen molar-refractivity contribution in [3.63, 3.8) is 0 Å². The Kier molecular flexibility index (Phi) is 8.93. The fraction of sp³-hybridized carbons (Fsp3) is 0.542. The number of hydrogen-bond acceptors (Lipinski definition) is 8. The molecule has 0 radical (unpaired) electrons. The molecule has 0 saturated carbocycles. The summed E-state index contributed by atoms with van der Waals surface area (Å²) in [6.07, 6.45) is -6.08. The molecule has 0 bridgehead atoms. The Morgan fingerprint density at radius 2 is 1.85 bits per heavy atom. The maximum absolute atomic E-state index is 13.1. The zero-order valence-corrected chi connectivity index (χ0v) is 22.5. The van der Waals surface area contributed by atoms with E-state index < -0.39 is 60.1 Å². The number of anilines is 1. The molecule has 11 nitrogen and oxygen atoms in total. The van der Waals surface area contributed by atoms with Crippen LogP contribution in [0.25, 0.3) is 10.2 Å². The fourth-order valence-electron chi connectivity index (χ4n) is 3.85. The lowest BCUT2D eigenvalue weighted by molar-refractivity contribution is -0.274. The number of ether oxygens (including phenoxy) is 2. The van der Waals surface area contributed by atoms with Gasteiger partial charge >= 0.3 is 18.5 Å². The van der Waals surface area contributed by atoms with E-state index in [1.54, 1.807) is 20.8 Å². The molecule has 1 atom stereocenters. The van der Waals surface area contributed by atoms with Crippen molar-refractivity contribution >= 4 is 50.6 Å². The summed E-state index contributed by atoms with van der Waals surface area (Å²) < 4.78 is 47.2. The summed E-state index contributed by atoms with van der Waals surface area (Å²) in [4.78, 5) is 56.7. The van der Waals surface area contributed by atoms with Crippen LogP contribution in [0.3, 0.4) is 0 Å². The number of aromatic nitrogens is 1. The van der Waals surface area contributed by atoms with Gasteiger partial charge in [0.2, 0.25) is 5.91 Å². The summed E-state index contributed by atoms with van der Waals surface area (Å²) in [5, 5.41) is 11.8. The van der Waals surface area contributed by atoms with E-state index in [4.69, 9.17) is 4.74 Å². The number of amides is 3. The summed E-state index contributed by atoms with van der Waals surface area (Å²) in [6, 6.07) is 3.08. The minimum Gasteiger partial charge on any atom is -0.465 e. The molecule has 3 amide bonds. The Morgan fingerprint density at radius 1 is 1.21 bits per heavy atom. The van der Waals surface area contributed by atoms with Gasteiger partial charge in [0.25, 0.3) is 0 Å². The molecule has 1 unspecified atom stereocenters. The number of Topliss-reactive ketones (excluding diaryl/α,β-unsaturated/α-hetero) is 1. The quantitative estimate of drug-likeness (QED) is 0.453. The lowest BCUT2D eigenvalue weighted by Gasteiger charge is -2.38. The normalized spacial score (nSPS) is 15.5. The topological polar surface area (TPSA) is 138 Å². The second-order valence-corrected chi connectivity index (χ2v) is 11.0. The van der Waals surface area contributed by atoms with Gasteiger partial charge < -0.3 is 24.8 Å². The first-order valence-corrected chi connectivity index (χ1v) is 12.8. The largest absolute Gasteiger partial charge is 0.573 e. The molecular formula is C24H29F3N4O7S. The summed E-state index contributed by atoms with van der Waals surface area (Å²) in [6.45, 7) is 6.30. The van der Waals surface area contributed by atoms with Crippen molar-refractivity contribution in [1.29, 1.82) is 0 Å². The third-order valence-corrected chi connectivity index (χ3v) is 6.76. The summed E-state index contributed by atoms with van der Waals surface area (Å²) in [5.74, 6) is -2.93. The van der Waals surface area contributed by atoms with Crippen molar-refractivity contribution in [2.45, 2.75) is 58.5 Å². The first-order chi connectivity index (χ1) is 18.0.